The molecule has 0 spiro atoms. The monoisotopic (exact) mass is 540 g/mol. The standard InChI is InChI=1S/C19H26Cl2N4O2.HI/c1-5-22-19(23-9-11(2)18-12(3)25-27-13(18)4)24-10-17(26)14-6-15(20)8-16(21)7-14;/h6-8,11,17,26H,5,9-10H2,1-4H3,(H2,22,23,24);1H. The maximum absolute atomic E-state index is 10.4. The number of guanidine groups is 1. The Bertz CT molecular complexity index is 758. The molecule has 6 nitrogen and oxygen atoms in total. The normalized spacial score (nSPS) is 13.6. The van der Waals surface area contributed by atoms with E-state index in [1.54, 1.807) is 18.2 Å². The first-order valence-electron chi connectivity index (χ1n) is 8.90. The summed E-state index contributed by atoms with van der Waals surface area (Å²) in [7, 11) is 0. The number of aromatic nitrogens is 1. The van der Waals surface area contributed by atoms with Crippen LogP contribution in [0.5, 0.6) is 0 Å². The second-order valence-electron chi connectivity index (χ2n) is 6.46. The smallest absolute Gasteiger partial charge is 0.191 e. The van der Waals surface area contributed by atoms with Crippen molar-refractivity contribution in [3.8, 4) is 0 Å². The van der Waals surface area contributed by atoms with Crippen molar-refractivity contribution in [2.24, 2.45) is 4.99 Å². The minimum absolute atomic E-state index is 0. The summed E-state index contributed by atoms with van der Waals surface area (Å²) in [5.41, 5.74) is 2.63. The predicted octanol–water partition coefficient (Wildman–Crippen LogP) is 4.61. The van der Waals surface area contributed by atoms with Crippen LogP contribution in [-0.2, 0) is 0 Å². The van der Waals surface area contributed by atoms with Gasteiger partial charge in [0.05, 0.1) is 11.8 Å². The van der Waals surface area contributed by atoms with Gasteiger partial charge in [-0.3, -0.25) is 4.99 Å². The number of halogens is 3. The molecular formula is C19H27Cl2IN4O2. The van der Waals surface area contributed by atoms with Crippen molar-refractivity contribution in [1.29, 1.82) is 0 Å². The van der Waals surface area contributed by atoms with E-state index in [1.165, 1.54) is 0 Å². The summed E-state index contributed by atoms with van der Waals surface area (Å²) in [6, 6.07) is 5.03. The topological polar surface area (TPSA) is 82.7 Å². The molecule has 156 valence electrons. The van der Waals surface area contributed by atoms with Gasteiger partial charge in [0.15, 0.2) is 5.96 Å². The summed E-state index contributed by atoms with van der Waals surface area (Å²) in [6.07, 6.45) is -0.759. The molecule has 0 saturated carbocycles. The van der Waals surface area contributed by atoms with E-state index in [0.717, 1.165) is 17.0 Å². The molecule has 0 aliphatic heterocycles. The number of nitrogens with one attached hydrogen (secondary N) is 2. The van der Waals surface area contributed by atoms with Crippen molar-refractivity contribution in [2.75, 3.05) is 19.6 Å². The molecule has 1 aromatic heterocycles. The van der Waals surface area contributed by atoms with Crippen LogP contribution in [0.1, 0.15) is 48.5 Å². The minimum atomic E-state index is -0.759. The molecule has 2 unspecified atom stereocenters. The molecule has 9 heteroatoms. The molecule has 0 aliphatic rings. The average Bonchev–Trinajstić information content (AvgIpc) is 2.94. The summed E-state index contributed by atoms with van der Waals surface area (Å²) < 4.78 is 5.23. The fourth-order valence-electron chi connectivity index (χ4n) is 2.93. The number of hydrogen-bond acceptors (Lipinski definition) is 4. The highest BCUT2D eigenvalue weighted by atomic mass is 127. The van der Waals surface area contributed by atoms with Gasteiger partial charge >= 0.3 is 0 Å². The van der Waals surface area contributed by atoms with Gasteiger partial charge < -0.3 is 20.3 Å². The second-order valence-corrected chi connectivity index (χ2v) is 7.33. The lowest BCUT2D eigenvalue weighted by Gasteiger charge is -2.17. The molecule has 0 saturated heterocycles. The number of hydrogen-bond donors (Lipinski definition) is 3. The van der Waals surface area contributed by atoms with Crippen LogP contribution in [0.4, 0.5) is 0 Å². The largest absolute Gasteiger partial charge is 0.387 e. The van der Waals surface area contributed by atoms with Gasteiger partial charge in [-0.15, -0.1) is 24.0 Å². The van der Waals surface area contributed by atoms with E-state index in [-0.39, 0.29) is 36.4 Å². The lowest BCUT2D eigenvalue weighted by Crippen LogP contribution is -2.39. The van der Waals surface area contributed by atoms with E-state index in [4.69, 9.17) is 27.7 Å². The number of aliphatic hydroxyl groups excluding tert-OH is 1. The van der Waals surface area contributed by atoms with Gasteiger partial charge in [0, 0.05) is 41.2 Å². The third-order valence-corrected chi connectivity index (χ3v) is 4.62. The Labute approximate surface area is 193 Å². The van der Waals surface area contributed by atoms with E-state index in [1.807, 2.05) is 20.8 Å². The quantitative estimate of drug-likeness (QED) is 0.271. The first kappa shape index (κ1) is 25.0. The van der Waals surface area contributed by atoms with Crippen LogP contribution in [0.2, 0.25) is 10.0 Å². The van der Waals surface area contributed by atoms with Crippen molar-refractivity contribution >= 4 is 53.1 Å². The summed E-state index contributed by atoms with van der Waals surface area (Å²) in [5, 5.41) is 21.7. The fraction of sp³-hybridized carbons (Fsp3) is 0.474. The Morgan fingerprint density at radius 3 is 2.39 bits per heavy atom. The van der Waals surface area contributed by atoms with E-state index in [2.05, 4.69) is 27.7 Å². The Morgan fingerprint density at radius 1 is 1.21 bits per heavy atom. The van der Waals surface area contributed by atoms with Crippen molar-refractivity contribution in [2.45, 2.75) is 39.7 Å². The molecule has 2 rings (SSSR count). The summed E-state index contributed by atoms with van der Waals surface area (Å²) in [5.74, 6) is 1.62. The molecule has 0 fully saturated rings. The number of aryl methyl sites for hydroxylation is 2. The molecule has 1 heterocycles. The number of rotatable bonds is 7. The van der Waals surface area contributed by atoms with Gasteiger partial charge in [0.2, 0.25) is 0 Å². The Balaban J connectivity index is 0.00000392. The van der Waals surface area contributed by atoms with Crippen LogP contribution in [-0.4, -0.2) is 35.9 Å². The zero-order valence-corrected chi connectivity index (χ0v) is 20.3. The lowest BCUT2D eigenvalue weighted by molar-refractivity contribution is 0.181. The lowest BCUT2D eigenvalue weighted by atomic mass is 10.00. The maximum Gasteiger partial charge on any atom is 0.191 e. The molecule has 1 aromatic carbocycles. The van der Waals surface area contributed by atoms with Gasteiger partial charge in [-0.1, -0.05) is 35.3 Å². The number of aliphatic hydroxyl groups is 1. The summed E-state index contributed by atoms with van der Waals surface area (Å²) in [4.78, 5) is 4.61. The van der Waals surface area contributed by atoms with Crippen LogP contribution in [0.25, 0.3) is 0 Å². The molecule has 2 atom stereocenters. The van der Waals surface area contributed by atoms with Crippen LogP contribution >= 0.6 is 47.2 Å². The molecule has 28 heavy (non-hydrogen) atoms. The van der Waals surface area contributed by atoms with Crippen LogP contribution in [0.3, 0.4) is 0 Å². The Hall–Kier alpha value is -1.03. The van der Waals surface area contributed by atoms with Gasteiger partial charge in [0.1, 0.15) is 5.76 Å². The first-order chi connectivity index (χ1) is 12.8. The fourth-order valence-corrected chi connectivity index (χ4v) is 3.48. The van der Waals surface area contributed by atoms with Gasteiger partial charge in [0.25, 0.3) is 0 Å². The van der Waals surface area contributed by atoms with Crippen LogP contribution < -0.4 is 10.6 Å². The van der Waals surface area contributed by atoms with Gasteiger partial charge in [-0.05, 0) is 44.5 Å². The second kappa shape index (κ2) is 11.8. The molecule has 2 aromatic rings. The van der Waals surface area contributed by atoms with Gasteiger partial charge in [-0.2, -0.15) is 0 Å². The number of nitrogens with zero attached hydrogens (tertiary/aromatic N) is 2. The number of benzene rings is 1. The van der Waals surface area contributed by atoms with E-state index in [0.29, 0.717) is 34.7 Å². The van der Waals surface area contributed by atoms with Crippen molar-refractivity contribution in [3.05, 3.63) is 50.8 Å². The van der Waals surface area contributed by atoms with Crippen molar-refractivity contribution < 1.29 is 9.63 Å². The molecule has 0 bridgehead atoms. The third-order valence-electron chi connectivity index (χ3n) is 4.18. The Morgan fingerprint density at radius 2 is 1.86 bits per heavy atom. The third kappa shape index (κ3) is 7.09. The highest BCUT2D eigenvalue weighted by Crippen LogP contribution is 2.24. The van der Waals surface area contributed by atoms with Crippen LogP contribution in [0, 0.1) is 13.8 Å². The Kier molecular flexibility index (Phi) is 10.6. The van der Waals surface area contributed by atoms with Crippen LogP contribution in [0.15, 0.2) is 27.7 Å². The summed E-state index contributed by atoms with van der Waals surface area (Å²) in [6.45, 7) is 9.47. The number of aliphatic imine (C=N–C) groups is 1. The van der Waals surface area contributed by atoms with Crippen molar-refractivity contribution in [1.82, 2.24) is 15.8 Å². The highest BCUT2D eigenvalue weighted by Gasteiger charge is 2.16. The molecule has 0 amide bonds. The zero-order chi connectivity index (χ0) is 20.0. The molecule has 0 aliphatic carbocycles. The predicted molar refractivity (Wildman–Crippen MR) is 125 cm³/mol. The SMILES string of the molecule is CCNC(=NCC(C)c1c(C)noc1C)NCC(O)c1cc(Cl)cc(Cl)c1.I. The van der Waals surface area contributed by atoms with Crippen molar-refractivity contribution in [3.63, 3.8) is 0 Å². The molecular weight excluding hydrogens is 514 g/mol. The molecule has 3 N–H and O–H groups in total. The van der Waals surface area contributed by atoms with E-state index in [9.17, 15) is 5.11 Å². The summed E-state index contributed by atoms with van der Waals surface area (Å²) >= 11 is 12.0. The van der Waals surface area contributed by atoms with Gasteiger partial charge in [-0.25, -0.2) is 0 Å². The maximum atomic E-state index is 10.4. The zero-order valence-electron chi connectivity index (χ0n) is 16.4. The van der Waals surface area contributed by atoms with E-state index < -0.39 is 6.10 Å². The highest BCUT2D eigenvalue weighted by molar-refractivity contribution is 14.0. The molecule has 0 radical (unpaired) electrons. The minimum Gasteiger partial charge on any atom is -0.387 e. The first-order valence-corrected chi connectivity index (χ1v) is 9.66. The van der Waals surface area contributed by atoms with E-state index >= 15 is 0 Å². The average molecular weight is 541 g/mol.